The minimum absolute atomic E-state index is 0.0649. The van der Waals surface area contributed by atoms with Gasteiger partial charge in [0.25, 0.3) is 0 Å². The molecule has 4 rings (SSSR count). The summed E-state index contributed by atoms with van der Waals surface area (Å²) in [6.07, 6.45) is 1.43. The van der Waals surface area contributed by atoms with Crippen LogP contribution in [0.1, 0.15) is 67.4 Å². The highest BCUT2D eigenvalue weighted by atomic mass is 19.4. The number of nitrogens with zero attached hydrogens (tertiary/aromatic N) is 3. The molecule has 10 heteroatoms. The van der Waals surface area contributed by atoms with Crippen LogP contribution in [0.2, 0.25) is 0 Å². The van der Waals surface area contributed by atoms with Crippen molar-refractivity contribution >= 4 is 23.9 Å². The minimum atomic E-state index is -4.68. The zero-order valence-electron chi connectivity index (χ0n) is 21.5. The van der Waals surface area contributed by atoms with Crippen molar-refractivity contribution in [1.82, 2.24) is 4.90 Å². The molecular weight excluding hydrogens is 499 g/mol. The molecule has 0 atom stereocenters. The molecule has 1 saturated carbocycles. The van der Waals surface area contributed by atoms with Gasteiger partial charge in [0.1, 0.15) is 11.5 Å². The van der Waals surface area contributed by atoms with E-state index in [1.165, 1.54) is 29.2 Å². The molecule has 0 bridgehead atoms. The average Bonchev–Trinajstić information content (AvgIpc) is 3.38. The van der Waals surface area contributed by atoms with Crippen LogP contribution in [0.4, 0.5) is 18.9 Å². The highest BCUT2D eigenvalue weighted by molar-refractivity contribution is 6.03. The Balaban J connectivity index is 1.64. The maximum Gasteiger partial charge on any atom is 0.419 e. The molecule has 0 unspecified atom stereocenters. The molecule has 0 radical (unpaired) electrons. The van der Waals surface area contributed by atoms with Crippen LogP contribution >= 0.6 is 0 Å². The fourth-order valence-electron chi connectivity index (χ4n) is 5.04. The van der Waals surface area contributed by atoms with Gasteiger partial charge in [-0.1, -0.05) is 25.3 Å². The van der Waals surface area contributed by atoms with Crippen LogP contribution in [0, 0.1) is 5.92 Å². The number of alkyl halides is 3. The molecule has 0 saturated heterocycles. The first-order valence-electron chi connectivity index (χ1n) is 12.9. The standard InChI is InChI=1S/C28H32F3N3O4/c1-18(2)34(26(35)20-6-4-3-5-7-20)24-10-9-21(15-22(24)27(36)37)38-25-11-8-19(14-23(25)28(29,30)31)16-33-13-12-32-17-33/h8-11,14-15,17-18,20H,3-7,12-13,16H2,1-2H3,(H,36,37). The van der Waals surface area contributed by atoms with Gasteiger partial charge in [-0.25, -0.2) is 4.79 Å². The summed E-state index contributed by atoms with van der Waals surface area (Å²) in [4.78, 5) is 33.0. The number of rotatable bonds is 8. The molecule has 2 aliphatic rings. The molecule has 2 aromatic rings. The van der Waals surface area contributed by atoms with Gasteiger partial charge < -0.3 is 19.6 Å². The smallest absolute Gasteiger partial charge is 0.419 e. The molecule has 1 aliphatic heterocycles. The number of carbonyl (C=O) groups is 2. The maximum absolute atomic E-state index is 13.9. The van der Waals surface area contributed by atoms with Gasteiger partial charge >= 0.3 is 12.1 Å². The summed E-state index contributed by atoms with van der Waals surface area (Å²) in [6, 6.07) is 7.54. The Morgan fingerprint density at radius 1 is 1.13 bits per heavy atom. The van der Waals surface area contributed by atoms with Gasteiger partial charge in [-0.3, -0.25) is 9.79 Å². The Labute approximate surface area is 219 Å². The number of ether oxygens (including phenoxy) is 1. The molecule has 0 aromatic heterocycles. The van der Waals surface area contributed by atoms with Crippen molar-refractivity contribution in [2.24, 2.45) is 10.9 Å². The van der Waals surface area contributed by atoms with E-state index in [0.29, 0.717) is 18.7 Å². The van der Waals surface area contributed by atoms with Crippen LogP contribution in [0.3, 0.4) is 0 Å². The maximum atomic E-state index is 13.9. The zero-order chi connectivity index (χ0) is 27.4. The quantitative estimate of drug-likeness (QED) is 0.429. The van der Waals surface area contributed by atoms with Crippen LogP contribution < -0.4 is 9.64 Å². The van der Waals surface area contributed by atoms with E-state index in [-0.39, 0.29) is 41.4 Å². The zero-order valence-corrected chi connectivity index (χ0v) is 21.5. The van der Waals surface area contributed by atoms with E-state index in [9.17, 15) is 27.9 Å². The fraction of sp³-hybridized carbons (Fsp3) is 0.464. The third kappa shape index (κ3) is 6.28. The van der Waals surface area contributed by atoms with Crippen LogP contribution in [0.15, 0.2) is 41.4 Å². The lowest BCUT2D eigenvalue weighted by molar-refractivity contribution is -0.138. The fourth-order valence-corrected chi connectivity index (χ4v) is 5.04. The van der Waals surface area contributed by atoms with Gasteiger partial charge in [0, 0.05) is 25.0 Å². The first kappa shape index (κ1) is 27.5. The summed E-state index contributed by atoms with van der Waals surface area (Å²) in [7, 11) is 0. The highest BCUT2D eigenvalue weighted by Gasteiger charge is 2.35. The van der Waals surface area contributed by atoms with Crippen LogP contribution in [-0.2, 0) is 17.5 Å². The number of carbonyl (C=O) groups excluding carboxylic acids is 1. The lowest BCUT2D eigenvalue weighted by Gasteiger charge is -2.33. The van der Waals surface area contributed by atoms with E-state index in [4.69, 9.17) is 4.74 Å². The number of hydrogen-bond donors (Lipinski definition) is 1. The summed E-state index contributed by atoms with van der Waals surface area (Å²) in [6.45, 7) is 5.14. The first-order valence-corrected chi connectivity index (χ1v) is 12.9. The number of halogens is 3. The molecular formula is C28H32F3N3O4. The first-order chi connectivity index (χ1) is 18.0. The van der Waals surface area contributed by atoms with Crippen molar-refractivity contribution in [1.29, 1.82) is 0 Å². The van der Waals surface area contributed by atoms with Crippen molar-refractivity contribution in [3.05, 3.63) is 53.1 Å². The summed E-state index contributed by atoms with van der Waals surface area (Å²) in [5, 5.41) is 9.95. The van der Waals surface area contributed by atoms with E-state index in [1.807, 2.05) is 18.7 Å². The second-order valence-electron chi connectivity index (χ2n) is 10.0. The van der Waals surface area contributed by atoms with Gasteiger partial charge in [0.05, 0.1) is 29.7 Å². The Kier molecular flexibility index (Phi) is 8.28. The van der Waals surface area contributed by atoms with Crippen LogP contribution in [0.5, 0.6) is 11.5 Å². The number of carboxylic acid groups (broad SMARTS) is 1. The number of amides is 1. The van der Waals surface area contributed by atoms with Crippen molar-refractivity contribution < 1.29 is 32.6 Å². The van der Waals surface area contributed by atoms with E-state index in [1.54, 1.807) is 12.4 Å². The third-order valence-electron chi connectivity index (χ3n) is 6.89. The number of anilines is 1. The third-order valence-corrected chi connectivity index (χ3v) is 6.89. The van der Waals surface area contributed by atoms with Crippen molar-refractivity contribution in [2.75, 3.05) is 18.0 Å². The van der Waals surface area contributed by atoms with Gasteiger partial charge in [-0.15, -0.1) is 0 Å². The number of hydrogen-bond acceptors (Lipinski definition) is 5. The molecule has 1 aliphatic carbocycles. The SMILES string of the molecule is CC(C)N(C(=O)C1CCCCC1)c1ccc(Oc2ccc(CN3C=NCC3)cc2C(F)(F)F)cc1C(=O)O. The number of carboxylic acids is 1. The van der Waals surface area contributed by atoms with E-state index >= 15 is 0 Å². The second kappa shape index (κ2) is 11.4. The summed E-state index contributed by atoms with van der Waals surface area (Å²) >= 11 is 0. The molecule has 2 aromatic carbocycles. The molecule has 1 heterocycles. The normalized spacial score (nSPS) is 16.2. The predicted octanol–water partition coefficient (Wildman–Crippen LogP) is 6.36. The van der Waals surface area contributed by atoms with Gasteiger partial charge in [0.15, 0.2) is 0 Å². The second-order valence-corrected chi connectivity index (χ2v) is 10.0. The van der Waals surface area contributed by atoms with E-state index in [2.05, 4.69) is 4.99 Å². The van der Waals surface area contributed by atoms with Gasteiger partial charge in [-0.05, 0) is 62.6 Å². The molecule has 1 amide bonds. The van der Waals surface area contributed by atoms with Crippen molar-refractivity contribution in [3.8, 4) is 11.5 Å². The Morgan fingerprint density at radius 2 is 1.87 bits per heavy atom. The number of benzene rings is 2. The van der Waals surface area contributed by atoms with Crippen LogP contribution in [0.25, 0.3) is 0 Å². The lowest BCUT2D eigenvalue weighted by Crippen LogP contribution is -2.42. The topological polar surface area (TPSA) is 82.4 Å². The van der Waals surface area contributed by atoms with Crippen molar-refractivity contribution in [2.45, 2.75) is 64.7 Å². The molecule has 1 fully saturated rings. The molecule has 204 valence electrons. The van der Waals surface area contributed by atoms with E-state index in [0.717, 1.165) is 38.2 Å². The monoisotopic (exact) mass is 531 g/mol. The highest BCUT2D eigenvalue weighted by Crippen LogP contribution is 2.40. The van der Waals surface area contributed by atoms with Gasteiger partial charge in [0.2, 0.25) is 5.91 Å². The Hall–Kier alpha value is -3.56. The average molecular weight is 532 g/mol. The largest absolute Gasteiger partial charge is 0.478 e. The predicted molar refractivity (Wildman–Crippen MR) is 138 cm³/mol. The number of aromatic carboxylic acids is 1. The molecule has 38 heavy (non-hydrogen) atoms. The molecule has 0 spiro atoms. The van der Waals surface area contributed by atoms with Crippen LogP contribution in [-0.4, -0.2) is 47.4 Å². The van der Waals surface area contributed by atoms with Gasteiger partial charge in [-0.2, -0.15) is 13.2 Å². The van der Waals surface area contributed by atoms with Crippen molar-refractivity contribution in [3.63, 3.8) is 0 Å². The Morgan fingerprint density at radius 3 is 2.47 bits per heavy atom. The lowest BCUT2D eigenvalue weighted by atomic mass is 9.87. The summed E-state index contributed by atoms with van der Waals surface area (Å²) < 4.78 is 47.4. The minimum Gasteiger partial charge on any atom is -0.478 e. The van der Waals surface area contributed by atoms with E-state index < -0.39 is 23.5 Å². The molecule has 1 N–H and O–H groups in total. The Bertz CT molecular complexity index is 1210. The summed E-state index contributed by atoms with van der Waals surface area (Å²) in [5.41, 5.74) is -0.510. The molecule has 7 nitrogen and oxygen atoms in total. The number of aliphatic imine (C=N–C) groups is 1. The summed E-state index contributed by atoms with van der Waals surface area (Å²) in [5.74, 6) is -2.10.